The van der Waals surface area contributed by atoms with Gasteiger partial charge in [0, 0.05) is 19.2 Å². The first-order valence-electron chi connectivity index (χ1n) is 5.62. The number of carbonyl (C=O) groups excluding carboxylic acids is 2. The lowest BCUT2D eigenvalue weighted by Gasteiger charge is -2.18. The number of likely N-dealkylation sites (N-methyl/N-ethyl adjacent to an activating group) is 1. The topological polar surface area (TPSA) is 49.4 Å². The molecule has 1 N–H and O–H groups in total. The smallest absolute Gasteiger partial charge is 0.299 e. The van der Waals surface area contributed by atoms with Crippen molar-refractivity contribution in [3.8, 4) is 0 Å². The molecule has 1 heterocycles. The van der Waals surface area contributed by atoms with Crippen LogP contribution in [-0.2, 0) is 4.79 Å². The van der Waals surface area contributed by atoms with E-state index in [9.17, 15) is 18.4 Å². The molecular formula is C13H12F2N2O2. The number of carbonyl (C=O) groups is 2. The monoisotopic (exact) mass is 266 g/mol. The van der Waals surface area contributed by atoms with Crippen molar-refractivity contribution < 1.29 is 18.4 Å². The zero-order valence-electron chi connectivity index (χ0n) is 10.3. The summed E-state index contributed by atoms with van der Waals surface area (Å²) in [5.74, 6) is -3.86. The maximum atomic E-state index is 13.2. The summed E-state index contributed by atoms with van der Waals surface area (Å²) >= 11 is 0. The first kappa shape index (κ1) is 13.4. The lowest BCUT2D eigenvalue weighted by atomic mass is 10.1. The van der Waals surface area contributed by atoms with Crippen LogP contribution < -0.4 is 10.2 Å². The average Bonchev–Trinajstić information content (AvgIpc) is 2.56. The summed E-state index contributed by atoms with van der Waals surface area (Å²) in [5.41, 5.74) is 0.633. The van der Waals surface area contributed by atoms with Crippen molar-refractivity contribution in [1.29, 1.82) is 0 Å². The van der Waals surface area contributed by atoms with Gasteiger partial charge in [0.15, 0.2) is 11.6 Å². The Morgan fingerprint density at radius 1 is 1.32 bits per heavy atom. The Bertz CT molecular complexity index is 584. The quantitative estimate of drug-likeness (QED) is 0.659. The molecule has 1 aromatic rings. The Balaban J connectivity index is 2.38. The fourth-order valence-corrected chi connectivity index (χ4v) is 1.98. The summed E-state index contributed by atoms with van der Waals surface area (Å²) in [6, 6.07) is 1.62. The normalized spacial score (nSPS) is 13.9. The van der Waals surface area contributed by atoms with Gasteiger partial charge in [0.25, 0.3) is 11.7 Å². The number of Topliss-reactive ketones (excluding diaryl/α,β-unsaturated/α-hetero) is 1. The predicted molar refractivity (Wildman–Crippen MR) is 66.1 cm³/mol. The molecule has 0 aliphatic carbocycles. The van der Waals surface area contributed by atoms with E-state index in [1.165, 1.54) is 0 Å². The molecule has 0 saturated heterocycles. The van der Waals surface area contributed by atoms with E-state index in [2.05, 4.69) is 11.9 Å². The number of anilines is 1. The van der Waals surface area contributed by atoms with Crippen molar-refractivity contribution in [2.24, 2.45) is 0 Å². The molecule has 100 valence electrons. The highest BCUT2D eigenvalue weighted by Gasteiger charge is 2.37. The molecule has 0 fully saturated rings. The van der Waals surface area contributed by atoms with Crippen LogP contribution in [-0.4, -0.2) is 31.8 Å². The number of nitrogens with one attached hydrogen (secondary N) is 1. The molecule has 0 radical (unpaired) electrons. The standard InChI is InChI=1S/C13H12F2N2O2/c1-7(5-16-2)6-17-11-4-10(15)9(14)3-8(11)12(18)13(17)19/h3-4,16H,1,5-6H2,2H3. The highest BCUT2D eigenvalue weighted by molar-refractivity contribution is 6.52. The van der Waals surface area contributed by atoms with Crippen LogP contribution in [0.25, 0.3) is 0 Å². The van der Waals surface area contributed by atoms with Crippen molar-refractivity contribution in [2.75, 3.05) is 25.0 Å². The van der Waals surface area contributed by atoms with E-state index in [1.807, 2.05) is 0 Å². The number of benzene rings is 1. The van der Waals surface area contributed by atoms with E-state index >= 15 is 0 Å². The predicted octanol–water partition coefficient (Wildman–Crippen LogP) is 1.27. The Kier molecular flexibility index (Phi) is 3.44. The van der Waals surface area contributed by atoms with Gasteiger partial charge in [-0.15, -0.1) is 0 Å². The number of amides is 1. The Morgan fingerprint density at radius 2 is 1.95 bits per heavy atom. The second-order valence-electron chi connectivity index (χ2n) is 4.28. The van der Waals surface area contributed by atoms with Crippen molar-refractivity contribution in [3.05, 3.63) is 41.5 Å². The molecule has 0 unspecified atom stereocenters. The maximum absolute atomic E-state index is 13.2. The summed E-state index contributed by atoms with van der Waals surface area (Å²) in [4.78, 5) is 24.6. The van der Waals surface area contributed by atoms with Gasteiger partial charge < -0.3 is 10.2 Å². The summed E-state index contributed by atoms with van der Waals surface area (Å²) in [6.07, 6.45) is 0. The Hall–Kier alpha value is -2.08. The zero-order valence-corrected chi connectivity index (χ0v) is 10.3. The summed E-state index contributed by atoms with van der Waals surface area (Å²) in [5, 5.41) is 2.86. The lowest BCUT2D eigenvalue weighted by Crippen LogP contribution is -2.33. The molecule has 1 amide bonds. The number of fused-ring (bicyclic) bond motifs is 1. The van der Waals surface area contributed by atoms with Crippen molar-refractivity contribution >= 4 is 17.4 Å². The van der Waals surface area contributed by atoms with E-state index in [1.54, 1.807) is 7.05 Å². The Morgan fingerprint density at radius 3 is 2.58 bits per heavy atom. The van der Waals surface area contributed by atoms with Crippen LogP contribution in [0.15, 0.2) is 24.3 Å². The number of rotatable bonds is 4. The second-order valence-corrected chi connectivity index (χ2v) is 4.28. The van der Waals surface area contributed by atoms with Gasteiger partial charge in [-0.2, -0.15) is 0 Å². The average molecular weight is 266 g/mol. The zero-order chi connectivity index (χ0) is 14.2. The molecule has 0 saturated carbocycles. The van der Waals surface area contributed by atoms with Gasteiger partial charge in [-0.3, -0.25) is 9.59 Å². The summed E-state index contributed by atoms with van der Waals surface area (Å²) < 4.78 is 26.3. The van der Waals surface area contributed by atoms with Crippen molar-refractivity contribution in [1.82, 2.24) is 5.32 Å². The number of halogens is 2. The second kappa shape index (κ2) is 4.89. The van der Waals surface area contributed by atoms with Gasteiger partial charge in [-0.25, -0.2) is 8.78 Å². The van der Waals surface area contributed by atoms with Crippen LogP contribution >= 0.6 is 0 Å². The molecular weight excluding hydrogens is 254 g/mol. The van der Waals surface area contributed by atoms with Gasteiger partial charge in [-0.05, 0) is 18.7 Å². The van der Waals surface area contributed by atoms with Gasteiger partial charge in [0.1, 0.15) is 0 Å². The number of ketones is 1. The van der Waals surface area contributed by atoms with E-state index in [4.69, 9.17) is 0 Å². The van der Waals surface area contributed by atoms with Gasteiger partial charge >= 0.3 is 0 Å². The number of hydrogen-bond acceptors (Lipinski definition) is 3. The first-order chi connectivity index (χ1) is 8.95. The summed E-state index contributed by atoms with van der Waals surface area (Å²) in [6.45, 7) is 4.29. The van der Waals surface area contributed by atoms with Gasteiger partial charge in [0.05, 0.1) is 11.3 Å². The van der Waals surface area contributed by atoms with Crippen molar-refractivity contribution in [3.63, 3.8) is 0 Å². The third-order valence-corrected chi connectivity index (χ3v) is 2.82. The molecule has 0 aromatic heterocycles. The van der Waals surface area contributed by atoms with Crippen LogP contribution in [0.2, 0.25) is 0 Å². The largest absolute Gasteiger partial charge is 0.316 e. The van der Waals surface area contributed by atoms with Gasteiger partial charge in [0.2, 0.25) is 0 Å². The molecule has 0 atom stereocenters. The maximum Gasteiger partial charge on any atom is 0.299 e. The molecule has 0 spiro atoms. The fraction of sp³-hybridized carbons (Fsp3) is 0.231. The van der Waals surface area contributed by atoms with Crippen molar-refractivity contribution in [2.45, 2.75) is 0 Å². The van der Waals surface area contributed by atoms with Crippen LogP contribution in [0.3, 0.4) is 0 Å². The third-order valence-electron chi connectivity index (χ3n) is 2.82. The van der Waals surface area contributed by atoms with E-state index < -0.39 is 23.3 Å². The van der Waals surface area contributed by atoms with Gasteiger partial charge in [-0.1, -0.05) is 6.58 Å². The Labute approximate surface area is 108 Å². The first-order valence-corrected chi connectivity index (χ1v) is 5.62. The van der Waals surface area contributed by atoms with E-state index in [0.29, 0.717) is 12.1 Å². The molecule has 6 heteroatoms. The molecule has 0 bridgehead atoms. The van der Waals surface area contributed by atoms with Crippen LogP contribution in [0.5, 0.6) is 0 Å². The molecule has 1 aliphatic rings. The van der Waals surface area contributed by atoms with E-state index in [-0.39, 0.29) is 17.8 Å². The molecule has 4 nitrogen and oxygen atoms in total. The highest BCUT2D eigenvalue weighted by atomic mass is 19.2. The molecule has 19 heavy (non-hydrogen) atoms. The SMILES string of the molecule is C=C(CNC)CN1C(=O)C(=O)c2cc(F)c(F)cc21. The number of hydrogen-bond donors (Lipinski definition) is 1. The fourth-order valence-electron chi connectivity index (χ4n) is 1.98. The van der Waals surface area contributed by atoms with E-state index in [0.717, 1.165) is 17.0 Å². The van der Waals surface area contributed by atoms with Crippen LogP contribution in [0, 0.1) is 11.6 Å². The molecule has 2 rings (SSSR count). The number of nitrogens with zero attached hydrogens (tertiary/aromatic N) is 1. The third kappa shape index (κ3) is 2.26. The lowest BCUT2D eigenvalue weighted by molar-refractivity contribution is -0.114. The van der Waals surface area contributed by atoms with Crippen LogP contribution in [0.1, 0.15) is 10.4 Å². The molecule has 1 aromatic carbocycles. The molecule has 1 aliphatic heterocycles. The minimum absolute atomic E-state index is 0.0868. The highest BCUT2D eigenvalue weighted by Crippen LogP contribution is 2.31. The summed E-state index contributed by atoms with van der Waals surface area (Å²) in [7, 11) is 1.71. The van der Waals surface area contributed by atoms with Crippen LogP contribution in [0.4, 0.5) is 14.5 Å². The minimum atomic E-state index is -1.14. The minimum Gasteiger partial charge on any atom is -0.316 e.